The first kappa shape index (κ1) is 11.5. The molecule has 0 spiro atoms. The van der Waals surface area contributed by atoms with E-state index in [2.05, 4.69) is 15.6 Å². The fourth-order valence-electron chi connectivity index (χ4n) is 2.46. The number of amidine groups is 1. The first-order valence-electron chi connectivity index (χ1n) is 6.65. The maximum Gasteiger partial charge on any atom is 0.145 e. The summed E-state index contributed by atoms with van der Waals surface area (Å²) in [4.78, 5) is 4.60. The van der Waals surface area contributed by atoms with E-state index in [4.69, 9.17) is 4.74 Å². The van der Waals surface area contributed by atoms with E-state index in [1.54, 1.807) is 0 Å². The van der Waals surface area contributed by atoms with Crippen molar-refractivity contribution in [2.24, 2.45) is 10.9 Å². The van der Waals surface area contributed by atoms with E-state index in [1.807, 2.05) is 24.3 Å². The summed E-state index contributed by atoms with van der Waals surface area (Å²) >= 11 is 0. The van der Waals surface area contributed by atoms with Crippen molar-refractivity contribution in [2.45, 2.75) is 12.8 Å². The number of anilines is 1. The van der Waals surface area contributed by atoms with Crippen molar-refractivity contribution < 1.29 is 4.74 Å². The van der Waals surface area contributed by atoms with Crippen LogP contribution in [0.15, 0.2) is 29.3 Å². The Bertz CT molecular complexity index is 438. The van der Waals surface area contributed by atoms with Crippen LogP contribution in [-0.4, -0.2) is 32.1 Å². The molecule has 0 saturated carbocycles. The second-order valence-corrected chi connectivity index (χ2v) is 4.89. The van der Waals surface area contributed by atoms with Gasteiger partial charge in [0.1, 0.15) is 18.2 Å². The first-order chi connectivity index (χ1) is 8.92. The highest BCUT2D eigenvalue weighted by Crippen LogP contribution is 2.26. The van der Waals surface area contributed by atoms with Gasteiger partial charge < -0.3 is 15.4 Å². The fraction of sp³-hybridized carbons (Fsp3) is 0.500. The summed E-state index contributed by atoms with van der Waals surface area (Å²) in [6.45, 7) is 3.76. The van der Waals surface area contributed by atoms with E-state index >= 15 is 0 Å². The monoisotopic (exact) mass is 245 g/mol. The topological polar surface area (TPSA) is 45.7 Å². The van der Waals surface area contributed by atoms with E-state index in [0.717, 1.165) is 42.8 Å². The lowest BCUT2D eigenvalue weighted by Crippen LogP contribution is -2.26. The lowest BCUT2D eigenvalue weighted by atomic mass is 10.1. The van der Waals surface area contributed by atoms with Crippen molar-refractivity contribution in [3.63, 3.8) is 0 Å². The molecule has 96 valence electrons. The molecule has 0 amide bonds. The van der Waals surface area contributed by atoms with E-state index in [0.29, 0.717) is 6.61 Å². The second-order valence-electron chi connectivity index (χ2n) is 4.89. The van der Waals surface area contributed by atoms with Crippen LogP contribution in [0.5, 0.6) is 5.75 Å². The molecule has 1 aromatic carbocycles. The molecule has 18 heavy (non-hydrogen) atoms. The van der Waals surface area contributed by atoms with Crippen molar-refractivity contribution >= 4 is 11.5 Å². The molecule has 1 aromatic rings. The van der Waals surface area contributed by atoms with Crippen LogP contribution in [0.4, 0.5) is 5.69 Å². The Morgan fingerprint density at radius 1 is 1.33 bits per heavy atom. The summed E-state index contributed by atoms with van der Waals surface area (Å²) in [5, 5.41) is 6.72. The van der Waals surface area contributed by atoms with Crippen LogP contribution in [0.1, 0.15) is 12.8 Å². The Labute approximate surface area is 107 Å². The molecule has 4 nitrogen and oxygen atoms in total. The predicted octanol–water partition coefficient (Wildman–Crippen LogP) is 1.89. The number of ether oxygens (including phenoxy) is 1. The summed E-state index contributed by atoms with van der Waals surface area (Å²) < 4.78 is 5.65. The van der Waals surface area contributed by atoms with E-state index in [1.165, 1.54) is 12.8 Å². The van der Waals surface area contributed by atoms with Gasteiger partial charge in [-0.15, -0.1) is 0 Å². The maximum atomic E-state index is 5.65. The van der Waals surface area contributed by atoms with Crippen molar-refractivity contribution in [3.8, 4) is 5.75 Å². The van der Waals surface area contributed by atoms with Gasteiger partial charge in [-0.05, 0) is 44.0 Å². The molecular weight excluding hydrogens is 226 g/mol. The molecular formula is C14H19N3O. The number of nitrogens with zero attached hydrogens (tertiary/aromatic N) is 1. The van der Waals surface area contributed by atoms with Gasteiger partial charge in [0.25, 0.3) is 0 Å². The highest BCUT2D eigenvalue weighted by atomic mass is 16.5. The van der Waals surface area contributed by atoms with Gasteiger partial charge in [-0.1, -0.05) is 12.1 Å². The van der Waals surface area contributed by atoms with Gasteiger partial charge in [0.2, 0.25) is 0 Å². The van der Waals surface area contributed by atoms with Crippen molar-refractivity contribution in [1.29, 1.82) is 0 Å². The minimum atomic E-state index is 0.555. The quantitative estimate of drug-likeness (QED) is 0.855. The number of aliphatic imine (C=N–C) groups is 1. The second kappa shape index (κ2) is 5.40. The third kappa shape index (κ3) is 2.64. The summed E-state index contributed by atoms with van der Waals surface area (Å²) in [5.41, 5.74) is 1.02. The molecule has 2 N–H and O–H groups in total. The molecule has 2 aliphatic rings. The smallest absolute Gasteiger partial charge is 0.145 e. The van der Waals surface area contributed by atoms with Gasteiger partial charge in [0.05, 0.1) is 5.69 Å². The van der Waals surface area contributed by atoms with Gasteiger partial charge in [-0.3, -0.25) is 4.99 Å². The minimum absolute atomic E-state index is 0.555. The molecule has 4 heteroatoms. The highest BCUT2D eigenvalue weighted by Gasteiger charge is 2.15. The third-order valence-electron chi connectivity index (χ3n) is 3.53. The Hall–Kier alpha value is -1.55. The van der Waals surface area contributed by atoms with E-state index in [9.17, 15) is 0 Å². The normalized spacial score (nSPS) is 24.4. The van der Waals surface area contributed by atoms with Crippen molar-refractivity contribution in [3.05, 3.63) is 24.3 Å². The van der Waals surface area contributed by atoms with Crippen LogP contribution in [0.25, 0.3) is 0 Å². The van der Waals surface area contributed by atoms with Crippen molar-refractivity contribution in [2.75, 3.05) is 31.6 Å². The lowest BCUT2D eigenvalue weighted by molar-refractivity contribution is 0.371. The van der Waals surface area contributed by atoms with Gasteiger partial charge >= 0.3 is 0 Å². The standard InChI is InChI=1S/C14H19N3O/c1-2-4-13-12(3-1)17-14(10-18-13)16-8-6-11-5-7-15-9-11/h1-4,11,15H,5-10H2,(H,16,17). The van der Waals surface area contributed by atoms with Gasteiger partial charge in [-0.25, -0.2) is 0 Å². The zero-order chi connectivity index (χ0) is 12.2. The van der Waals surface area contributed by atoms with Crippen LogP contribution >= 0.6 is 0 Å². The van der Waals surface area contributed by atoms with Gasteiger partial charge in [0.15, 0.2) is 0 Å². The Kier molecular flexibility index (Phi) is 3.46. The summed E-state index contributed by atoms with van der Waals surface area (Å²) in [5.74, 6) is 2.65. The number of hydrogen-bond donors (Lipinski definition) is 2. The number of hydrogen-bond acceptors (Lipinski definition) is 3. The molecule has 1 saturated heterocycles. The number of nitrogens with one attached hydrogen (secondary N) is 2. The van der Waals surface area contributed by atoms with E-state index < -0.39 is 0 Å². The average molecular weight is 245 g/mol. The van der Waals surface area contributed by atoms with Crippen LogP contribution in [0.2, 0.25) is 0 Å². The zero-order valence-electron chi connectivity index (χ0n) is 10.5. The zero-order valence-corrected chi connectivity index (χ0v) is 10.5. The van der Waals surface area contributed by atoms with Gasteiger partial charge in [0, 0.05) is 6.54 Å². The molecule has 1 atom stereocenters. The van der Waals surface area contributed by atoms with E-state index in [-0.39, 0.29) is 0 Å². The number of benzene rings is 1. The molecule has 3 rings (SSSR count). The SMILES string of the molecule is c1ccc2c(c1)NC(=NCCC1CCNC1)CO2. The Morgan fingerprint density at radius 2 is 2.28 bits per heavy atom. The first-order valence-corrected chi connectivity index (χ1v) is 6.65. The summed E-state index contributed by atoms with van der Waals surface area (Å²) in [6, 6.07) is 7.98. The predicted molar refractivity (Wildman–Crippen MR) is 73.5 cm³/mol. The molecule has 1 unspecified atom stereocenters. The third-order valence-corrected chi connectivity index (χ3v) is 3.53. The molecule has 0 aliphatic carbocycles. The highest BCUT2D eigenvalue weighted by molar-refractivity contribution is 5.99. The number of rotatable bonds is 3. The molecule has 0 aromatic heterocycles. The summed E-state index contributed by atoms with van der Waals surface area (Å²) in [7, 11) is 0. The fourth-order valence-corrected chi connectivity index (χ4v) is 2.46. The molecule has 2 aliphatic heterocycles. The Balaban J connectivity index is 1.54. The number of fused-ring (bicyclic) bond motifs is 1. The molecule has 0 radical (unpaired) electrons. The largest absolute Gasteiger partial charge is 0.484 e. The Morgan fingerprint density at radius 3 is 3.17 bits per heavy atom. The van der Waals surface area contributed by atoms with Crippen LogP contribution in [0, 0.1) is 5.92 Å². The molecule has 0 bridgehead atoms. The lowest BCUT2D eigenvalue weighted by Gasteiger charge is -2.20. The van der Waals surface area contributed by atoms with Crippen LogP contribution in [0.3, 0.4) is 0 Å². The van der Waals surface area contributed by atoms with Gasteiger partial charge in [-0.2, -0.15) is 0 Å². The maximum absolute atomic E-state index is 5.65. The van der Waals surface area contributed by atoms with Crippen LogP contribution in [-0.2, 0) is 0 Å². The van der Waals surface area contributed by atoms with Crippen molar-refractivity contribution in [1.82, 2.24) is 5.32 Å². The average Bonchev–Trinajstić information content (AvgIpc) is 2.92. The molecule has 1 fully saturated rings. The molecule has 2 heterocycles. The number of para-hydroxylation sites is 2. The van der Waals surface area contributed by atoms with Crippen LogP contribution < -0.4 is 15.4 Å². The summed E-state index contributed by atoms with van der Waals surface area (Å²) in [6.07, 6.45) is 2.46. The minimum Gasteiger partial charge on any atom is -0.484 e.